The Bertz CT molecular complexity index is 1110. The summed E-state index contributed by atoms with van der Waals surface area (Å²) in [6.45, 7) is 3.79. The minimum Gasteiger partial charge on any atom is -0.341 e. The van der Waals surface area contributed by atoms with Crippen LogP contribution < -0.4 is 15.5 Å². The van der Waals surface area contributed by atoms with Gasteiger partial charge >= 0.3 is 0 Å². The number of nitrogens with one attached hydrogen (secondary N) is 2. The van der Waals surface area contributed by atoms with Crippen LogP contribution in [0.4, 0.5) is 36.3 Å². The number of benzene rings is 2. The molecule has 2 N–H and O–H groups in total. The van der Waals surface area contributed by atoms with Gasteiger partial charge in [-0.15, -0.1) is 0 Å². The van der Waals surface area contributed by atoms with E-state index in [1.165, 1.54) is 0 Å². The first-order valence-corrected chi connectivity index (χ1v) is 9.83. The van der Waals surface area contributed by atoms with Crippen molar-refractivity contribution in [2.24, 2.45) is 0 Å². The van der Waals surface area contributed by atoms with Gasteiger partial charge in [0.25, 0.3) is 5.91 Å². The highest BCUT2D eigenvalue weighted by Gasteiger charge is 2.19. The van der Waals surface area contributed by atoms with Gasteiger partial charge in [0.15, 0.2) is 17.5 Å². The smallest absolute Gasteiger partial charge is 0.258 e. The number of carbonyl (C=O) groups excluding carboxylic acids is 1. The van der Waals surface area contributed by atoms with E-state index in [-0.39, 0.29) is 0 Å². The van der Waals surface area contributed by atoms with Gasteiger partial charge < -0.3 is 15.5 Å². The van der Waals surface area contributed by atoms with E-state index in [1.54, 1.807) is 24.3 Å². The second-order valence-corrected chi connectivity index (χ2v) is 7.27. The Labute approximate surface area is 177 Å². The number of hydrogen-bond donors (Lipinski definition) is 2. The van der Waals surface area contributed by atoms with Crippen molar-refractivity contribution in [1.29, 1.82) is 0 Å². The topological polar surface area (TPSA) is 70.2 Å². The van der Waals surface area contributed by atoms with Crippen LogP contribution in [0.25, 0.3) is 0 Å². The largest absolute Gasteiger partial charge is 0.341 e. The Kier molecular flexibility index (Phi) is 5.75. The number of carbonyl (C=O) groups is 1. The molecule has 160 valence electrons. The fourth-order valence-corrected chi connectivity index (χ4v) is 3.36. The van der Waals surface area contributed by atoms with E-state index in [1.807, 2.05) is 13.0 Å². The molecule has 3 aromatic rings. The zero-order valence-electron chi connectivity index (χ0n) is 16.8. The number of hydrogen-bond acceptors (Lipinski definition) is 5. The summed E-state index contributed by atoms with van der Waals surface area (Å²) >= 11 is 0. The molecule has 1 amide bonds. The predicted molar refractivity (Wildman–Crippen MR) is 112 cm³/mol. The number of aromatic nitrogens is 2. The standard InChI is InChI=1S/C22H20F3N5O/c1-13-12-18(29-22(26-13)30-10-2-3-11-30)27-14-4-6-15(7-5-14)28-21(31)16-8-9-17(23)20(25)19(16)24/h4-9,12H,2-3,10-11H2,1H3,(H,28,31)(H,26,27,29). The van der Waals surface area contributed by atoms with E-state index in [2.05, 4.69) is 25.5 Å². The normalized spacial score (nSPS) is 13.4. The molecule has 6 nitrogen and oxygen atoms in total. The van der Waals surface area contributed by atoms with Crippen LogP contribution in [0.3, 0.4) is 0 Å². The van der Waals surface area contributed by atoms with E-state index < -0.39 is 28.9 Å². The van der Waals surface area contributed by atoms with Crippen LogP contribution in [-0.4, -0.2) is 29.0 Å². The molecule has 0 spiro atoms. The lowest BCUT2D eigenvalue weighted by atomic mass is 10.1. The van der Waals surface area contributed by atoms with Crippen LogP contribution in [0.2, 0.25) is 0 Å². The third-order valence-corrected chi connectivity index (χ3v) is 4.93. The summed E-state index contributed by atoms with van der Waals surface area (Å²) in [5.41, 5.74) is 1.36. The molecule has 9 heteroatoms. The highest BCUT2D eigenvalue weighted by molar-refractivity contribution is 6.04. The third kappa shape index (κ3) is 4.60. The second kappa shape index (κ2) is 8.63. The van der Waals surface area contributed by atoms with Gasteiger partial charge in [0.1, 0.15) is 5.82 Å². The SMILES string of the molecule is Cc1cc(Nc2ccc(NC(=O)c3ccc(F)c(F)c3F)cc2)nc(N2CCCC2)n1. The summed E-state index contributed by atoms with van der Waals surface area (Å²) in [5.74, 6) is -4.09. The lowest BCUT2D eigenvalue weighted by molar-refractivity contribution is 0.102. The number of nitrogens with zero attached hydrogens (tertiary/aromatic N) is 3. The summed E-state index contributed by atoms with van der Waals surface area (Å²) in [5, 5.41) is 5.67. The first-order chi connectivity index (χ1) is 14.9. The predicted octanol–water partition coefficient (Wildman–Crippen LogP) is 4.80. The van der Waals surface area contributed by atoms with E-state index in [0.29, 0.717) is 23.5 Å². The molecule has 1 aromatic heterocycles. The maximum Gasteiger partial charge on any atom is 0.258 e. The molecule has 31 heavy (non-hydrogen) atoms. The van der Waals surface area contributed by atoms with Crippen LogP contribution in [0, 0.1) is 24.4 Å². The van der Waals surface area contributed by atoms with Crippen molar-refractivity contribution in [2.75, 3.05) is 28.6 Å². The van der Waals surface area contributed by atoms with E-state index in [0.717, 1.165) is 43.4 Å². The Hall–Kier alpha value is -3.62. The average molecular weight is 427 g/mol. The summed E-state index contributed by atoms with van der Waals surface area (Å²) in [7, 11) is 0. The average Bonchev–Trinajstić information content (AvgIpc) is 3.28. The first kappa shape index (κ1) is 20.6. The first-order valence-electron chi connectivity index (χ1n) is 9.83. The van der Waals surface area contributed by atoms with E-state index in [4.69, 9.17) is 0 Å². The van der Waals surface area contributed by atoms with Crippen LogP contribution in [0.15, 0.2) is 42.5 Å². The fourth-order valence-electron chi connectivity index (χ4n) is 3.36. The third-order valence-electron chi connectivity index (χ3n) is 4.93. The zero-order chi connectivity index (χ0) is 22.0. The highest BCUT2D eigenvalue weighted by Crippen LogP contribution is 2.23. The van der Waals surface area contributed by atoms with Gasteiger partial charge in [-0.3, -0.25) is 4.79 Å². The number of anilines is 4. The van der Waals surface area contributed by atoms with Crippen LogP contribution >= 0.6 is 0 Å². The molecule has 1 saturated heterocycles. The van der Waals surface area contributed by atoms with Gasteiger partial charge in [-0.05, 0) is 56.2 Å². The summed E-state index contributed by atoms with van der Waals surface area (Å²) in [4.78, 5) is 23.4. The number of halogens is 3. The Morgan fingerprint density at radius 1 is 0.935 bits per heavy atom. The van der Waals surface area contributed by atoms with Crippen molar-refractivity contribution in [1.82, 2.24) is 9.97 Å². The molecule has 4 rings (SSSR count). The molecule has 2 aromatic carbocycles. The maximum absolute atomic E-state index is 13.8. The molecular weight excluding hydrogens is 407 g/mol. The van der Waals surface area contributed by atoms with Crippen LogP contribution in [-0.2, 0) is 0 Å². The molecule has 0 atom stereocenters. The van der Waals surface area contributed by atoms with Crippen molar-refractivity contribution >= 4 is 29.0 Å². The van der Waals surface area contributed by atoms with Gasteiger partial charge in [-0.2, -0.15) is 4.98 Å². The van der Waals surface area contributed by atoms with Crippen molar-refractivity contribution in [2.45, 2.75) is 19.8 Å². The second-order valence-electron chi connectivity index (χ2n) is 7.27. The van der Waals surface area contributed by atoms with Gasteiger partial charge in [-0.25, -0.2) is 18.2 Å². The molecule has 0 bridgehead atoms. The molecule has 1 aliphatic rings. The minimum absolute atomic E-state index is 0.372. The molecule has 2 heterocycles. The van der Waals surface area contributed by atoms with Crippen molar-refractivity contribution in [3.63, 3.8) is 0 Å². The van der Waals surface area contributed by atoms with Gasteiger partial charge in [-0.1, -0.05) is 0 Å². The molecular formula is C22H20F3N5O. The van der Waals surface area contributed by atoms with Gasteiger partial charge in [0.2, 0.25) is 5.95 Å². The van der Waals surface area contributed by atoms with E-state index in [9.17, 15) is 18.0 Å². The minimum atomic E-state index is -1.68. The highest BCUT2D eigenvalue weighted by atomic mass is 19.2. The molecule has 0 unspecified atom stereocenters. The Balaban J connectivity index is 1.45. The van der Waals surface area contributed by atoms with Crippen molar-refractivity contribution in [3.8, 4) is 0 Å². The van der Waals surface area contributed by atoms with Crippen LogP contribution in [0.1, 0.15) is 28.9 Å². The van der Waals surface area contributed by atoms with Crippen molar-refractivity contribution in [3.05, 3.63) is 71.2 Å². The summed E-state index contributed by atoms with van der Waals surface area (Å²) in [6, 6.07) is 10.1. The lowest BCUT2D eigenvalue weighted by Gasteiger charge is -2.17. The number of rotatable bonds is 5. The molecule has 0 saturated carbocycles. The van der Waals surface area contributed by atoms with E-state index >= 15 is 0 Å². The molecule has 0 aliphatic carbocycles. The fraction of sp³-hybridized carbons (Fsp3) is 0.227. The summed E-state index contributed by atoms with van der Waals surface area (Å²) < 4.78 is 40.2. The quantitative estimate of drug-likeness (QED) is 0.573. The van der Waals surface area contributed by atoms with Gasteiger partial charge in [0.05, 0.1) is 5.56 Å². The molecule has 1 aliphatic heterocycles. The zero-order valence-corrected chi connectivity index (χ0v) is 16.8. The lowest BCUT2D eigenvalue weighted by Crippen LogP contribution is -2.21. The summed E-state index contributed by atoms with van der Waals surface area (Å²) in [6.07, 6.45) is 2.25. The Morgan fingerprint density at radius 2 is 1.61 bits per heavy atom. The van der Waals surface area contributed by atoms with Gasteiger partial charge in [0, 0.05) is 36.2 Å². The number of aryl methyl sites for hydroxylation is 1. The number of amides is 1. The Morgan fingerprint density at radius 3 is 2.32 bits per heavy atom. The maximum atomic E-state index is 13.8. The molecule has 1 fully saturated rings. The molecule has 0 radical (unpaired) electrons. The van der Waals surface area contributed by atoms with Crippen LogP contribution in [0.5, 0.6) is 0 Å². The monoisotopic (exact) mass is 427 g/mol. The van der Waals surface area contributed by atoms with Crippen molar-refractivity contribution < 1.29 is 18.0 Å².